The number of aliphatic carboxylic acids is 1. The van der Waals surface area contributed by atoms with E-state index in [1.54, 1.807) is 0 Å². The van der Waals surface area contributed by atoms with Gasteiger partial charge in [0.2, 0.25) is 0 Å². The first-order valence-electron chi connectivity index (χ1n) is 6.84. The zero-order valence-electron chi connectivity index (χ0n) is 11.4. The highest BCUT2D eigenvalue weighted by Crippen LogP contribution is 2.24. The lowest BCUT2D eigenvalue weighted by Crippen LogP contribution is -2.38. The van der Waals surface area contributed by atoms with Crippen molar-refractivity contribution in [1.29, 1.82) is 0 Å². The maximum absolute atomic E-state index is 12.0. The minimum absolute atomic E-state index is 0.0211. The summed E-state index contributed by atoms with van der Waals surface area (Å²) in [6.07, 6.45) is 2.43. The van der Waals surface area contributed by atoms with Crippen LogP contribution in [0.4, 0.5) is 0 Å². The first-order valence-corrected chi connectivity index (χ1v) is 6.84. The number of carbonyl (C=O) groups excluding carboxylic acids is 1. The van der Waals surface area contributed by atoms with Gasteiger partial charge in [-0.25, -0.2) is 4.79 Å². The summed E-state index contributed by atoms with van der Waals surface area (Å²) < 4.78 is 0. The SMILES string of the molecule is O=C(O)c1ccc(C(=O)NC2CCC(C(=O)O)CC2)cc1. The summed E-state index contributed by atoms with van der Waals surface area (Å²) in [5.41, 5.74) is 0.536. The molecule has 0 heterocycles. The van der Waals surface area contributed by atoms with Crippen LogP contribution in [0.15, 0.2) is 24.3 Å². The summed E-state index contributed by atoms with van der Waals surface area (Å²) in [6.45, 7) is 0. The number of hydrogen-bond acceptors (Lipinski definition) is 3. The Morgan fingerprint density at radius 2 is 1.43 bits per heavy atom. The molecule has 1 saturated carbocycles. The third-order valence-corrected chi connectivity index (χ3v) is 3.81. The van der Waals surface area contributed by atoms with E-state index in [9.17, 15) is 14.4 Å². The molecule has 1 aliphatic rings. The van der Waals surface area contributed by atoms with Gasteiger partial charge in [0.1, 0.15) is 0 Å². The molecule has 0 unspecified atom stereocenters. The lowest BCUT2D eigenvalue weighted by Gasteiger charge is -2.26. The van der Waals surface area contributed by atoms with Crippen molar-refractivity contribution in [2.75, 3.05) is 0 Å². The van der Waals surface area contributed by atoms with Crippen LogP contribution in [0, 0.1) is 5.92 Å². The van der Waals surface area contributed by atoms with E-state index in [2.05, 4.69) is 5.32 Å². The molecular weight excluding hydrogens is 274 g/mol. The summed E-state index contributed by atoms with van der Waals surface area (Å²) in [6, 6.07) is 5.70. The molecule has 21 heavy (non-hydrogen) atoms. The number of rotatable bonds is 4. The summed E-state index contributed by atoms with van der Waals surface area (Å²) in [7, 11) is 0. The highest BCUT2D eigenvalue weighted by atomic mass is 16.4. The van der Waals surface area contributed by atoms with Gasteiger partial charge >= 0.3 is 11.9 Å². The van der Waals surface area contributed by atoms with E-state index < -0.39 is 11.9 Å². The third-order valence-electron chi connectivity index (χ3n) is 3.81. The van der Waals surface area contributed by atoms with Crippen molar-refractivity contribution in [3.8, 4) is 0 Å². The van der Waals surface area contributed by atoms with E-state index in [-0.39, 0.29) is 23.4 Å². The van der Waals surface area contributed by atoms with Crippen LogP contribution < -0.4 is 5.32 Å². The quantitative estimate of drug-likeness (QED) is 0.784. The summed E-state index contributed by atoms with van der Waals surface area (Å²) in [5.74, 6) is -2.38. The van der Waals surface area contributed by atoms with Crippen LogP contribution in [0.3, 0.4) is 0 Å². The molecule has 3 N–H and O–H groups in total. The number of aromatic carboxylic acids is 1. The molecule has 0 bridgehead atoms. The first-order chi connectivity index (χ1) is 9.97. The minimum atomic E-state index is -1.03. The standard InChI is InChI=1S/C15H17NO5/c17-13(9-1-3-10(4-2-9)14(18)19)16-12-7-5-11(6-8-12)15(20)21/h1-4,11-12H,5-8H2,(H,16,17)(H,18,19)(H,20,21). The van der Waals surface area contributed by atoms with Crippen LogP contribution in [0.1, 0.15) is 46.4 Å². The van der Waals surface area contributed by atoms with Crippen molar-refractivity contribution in [2.24, 2.45) is 5.92 Å². The summed E-state index contributed by atoms with van der Waals surface area (Å²) in [4.78, 5) is 33.6. The fourth-order valence-electron chi connectivity index (χ4n) is 2.52. The molecule has 0 spiro atoms. The smallest absolute Gasteiger partial charge is 0.335 e. The van der Waals surface area contributed by atoms with E-state index in [0.717, 1.165) is 0 Å². The summed E-state index contributed by atoms with van der Waals surface area (Å²) >= 11 is 0. The van der Waals surface area contributed by atoms with Gasteiger partial charge in [0, 0.05) is 11.6 Å². The molecule has 2 rings (SSSR count). The van der Waals surface area contributed by atoms with Gasteiger partial charge in [-0.05, 0) is 49.9 Å². The molecule has 0 radical (unpaired) electrons. The second kappa shape index (κ2) is 6.39. The minimum Gasteiger partial charge on any atom is -0.481 e. The maximum Gasteiger partial charge on any atom is 0.335 e. The highest BCUT2D eigenvalue weighted by Gasteiger charge is 2.26. The Balaban J connectivity index is 1.90. The number of carboxylic acids is 2. The van der Waals surface area contributed by atoms with Crippen molar-refractivity contribution in [1.82, 2.24) is 5.32 Å². The second-order valence-electron chi connectivity index (χ2n) is 5.24. The van der Waals surface area contributed by atoms with Gasteiger partial charge in [-0.3, -0.25) is 9.59 Å². The van der Waals surface area contributed by atoms with Gasteiger partial charge in [0.15, 0.2) is 0 Å². The Hall–Kier alpha value is -2.37. The predicted molar refractivity (Wildman–Crippen MR) is 74.2 cm³/mol. The lowest BCUT2D eigenvalue weighted by atomic mass is 9.86. The molecule has 0 atom stereocenters. The molecule has 112 valence electrons. The highest BCUT2D eigenvalue weighted by molar-refractivity contribution is 5.96. The van der Waals surface area contributed by atoms with Crippen molar-refractivity contribution >= 4 is 17.8 Å². The molecule has 0 aliphatic heterocycles. The fraction of sp³-hybridized carbons (Fsp3) is 0.400. The van der Waals surface area contributed by atoms with E-state index in [4.69, 9.17) is 10.2 Å². The van der Waals surface area contributed by atoms with Crippen LogP contribution in [0.25, 0.3) is 0 Å². The number of hydrogen-bond donors (Lipinski definition) is 3. The zero-order chi connectivity index (χ0) is 15.4. The molecule has 1 aliphatic carbocycles. The zero-order valence-corrected chi connectivity index (χ0v) is 11.4. The number of nitrogens with one attached hydrogen (secondary N) is 1. The monoisotopic (exact) mass is 291 g/mol. The first kappa shape index (κ1) is 15.0. The fourth-order valence-corrected chi connectivity index (χ4v) is 2.52. The van der Waals surface area contributed by atoms with E-state index in [1.807, 2.05) is 0 Å². The van der Waals surface area contributed by atoms with Crippen LogP contribution in [-0.4, -0.2) is 34.1 Å². The number of carboxylic acid groups (broad SMARTS) is 2. The molecule has 1 fully saturated rings. The van der Waals surface area contributed by atoms with E-state index >= 15 is 0 Å². The van der Waals surface area contributed by atoms with Crippen LogP contribution in [0.2, 0.25) is 0 Å². The normalized spacial score (nSPS) is 21.5. The lowest BCUT2D eigenvalue weighted by molar-refractivity contribution is -0.142. The average molecular weight is 291 g/mol. The Morgan fingerprint density at radius 1 is 0.905 bits per heavy atom. The number of amides is 1. The van der Waals surface area contributed by atoms with Crippen molar-refractivity contribution in [2.45, 2.75) is 31.7 Å². The molecular formula is C15H17NO5. The topological polar surface area (TPSA) is 104 Å². The molecule has 6 nitrogen and oxygen atoms in total. The Labute approximate surface area is 121 Å². The van der Waals surface area contributed by atoms with E-state index in [1.165, 1.54) is 24.3 Å². The van der Waals surface area contributed by atoms with Gasteiger partial charge in [-0.2, -0.15) is 0 Å². The van der Waals surface area contributed by atoms with Crippen molar-refractivity contribution in [3.63, 3.8) is 0 Å². The van der Waals surface area contributed by atoms with Crippen LogP contribution in [0.5, 0.6) is 0 Å². The van der Waals surface area contributed by atoms with Gasteiger partial charge in [-0.1, -0.05) is 0 Å². The van der Waals surface area contributed by atoms with Gasteiger partial charge < -0.3 is 15.5 Å². The largest absolute Gasteiger partial charge is 0.481 e. The predicted octanol–water partition coefficient (Wildman–Crippen LogP) is 1.76. The van der Waals surface area contributed by atoms with Crippen LogP contribution in [-0.2, 0) is 4.79 Å². The molecule has 0 aromatic heterocycles. The molecule has 1 aromatic rings. The Morgan fingerprint density at radius 3 is 1.90 bits per heavy atom. The van der Waals surface area contributed by atoms with Crippen molar-refractivity contribution in [3.05, 3.63) is 35.4 Å². The Bertz CT molecular complexity index is 544. The van der Waals surface area contributed by atoms with E-state index in [0.29, 0.717) is 31.2 Å². The number of carbonyl (C=O) groups is 3. The molecule has 1 amide bonds. The Kier molecular flexibility index (Phi) is 4.57. The summed E-state index contributed by atoms with van der Waals surface area (Å²) in [5, 5.41) is 20.6. The van der Waals surface area contributed by atoms with Gasteiger partial charge in [0.25, 0.3) is 5.91 Å². The average Bonchev–Trinajstić information content (AvgIpc) is 2.47. The molecule has 1 aromatic carbocycles. The van der Waals surface area contributed by atoms with Gasteiger partial charge in [0.05, 0.1) is 11.5 Å². The number of benzene rings is 1. The molecule has 6 heteroatoms. The van der Waals surface area contributed by atoms with Gasteiger partial charge in [-0.15, -0.1) is 0 Å². The van der Waals surface area contributed by atoms with Crippen LogP contribution >= 0.6 is 0 Å². The third kappa shape index (κ3) is 3.81. The second-order valence-corrected chi connectivity index (χ2v) is 5.24. The van der Waals surface area contributed by atoms with Crippen molar-refractivity contribution < 1.29 is 24.6 Å². The molecule has 0 saturated heterocycles. The maximum atomic E-state index is 12.0.